The van der Waals surface area contributed by atoms with Crippen LogP contribution in [0.3, 0.4) is 0 Å². The van der Waals surface area contributed by atoms with Crippen LogP contribution in [0.5, 0.6) is 0 Å². The number of para-hydroxylation sites is 9. The number of hydrogen-bond acceptors (Lipinski definition) is 6. The van der Waals surface area contributed by atoms with Gasteiger partial charge in [-0.15, -0.1) is 0 Å². The van der Waals surface area contributed by atoms with Gasteiger partial charge in [-0.2, -0.15) is 19.9 Å². The van der Waals surface area contributed by atoms with Crippen LogP contribution in [0.15, 0.2) is 261 Å². The number of fused-ring (bicyclic) bond motifs is 17. The third kappa shape index (κ3) is 6.42. The lowest BCUT2D eigenvalue weighted by Crippen LogP contribution is -2.48. The molecule has 18 rings (SSSR count). The Morgan fingerprint density at radius 1 is 0.412 bits per heavy atom. The number of rotatable bonds is 7. The number of allylic oxidation sites excluding steroid dienone is 3. The summed E-state index contributed by atoms with van der Waals surface area (Å²) in [7, 11) is 0. The van der Waals surface area contributed by atoms with E-state index in [0.717, 1.165) is 133 Å². The minimum Gasteiger partial charge on any atom is -0.301 e. The average molecular weight is 1090 g/mol. The van der Waals surface area contributed by atoms with E-state index in [2.05, 4.69) is 284 Å². The average Bonchev–Trinajstić information content (AvgIpc) is 1.65. The first-order valence-electron chi connectivity index (χ1n) is 28.8. The molecule has 0 spiro atoms. The van der Waals surface area contributed by atoms with Crippen molar-refractivity contribution in [2.24, 2.45) is 0 Å². The van der Waals surface area contributed by atoms with Gasteiger partial charge in [-0.05, 0) is 78.7 Å². The van der Waals surface area contributed by atoms with Gasteiger partial charge in [-0.3, -0.25) is 23.2 Å². The van der Waals surface area contributed by atoms with Gasteiger partial charge in [0.25, 0.3) is 0 Å². The minimum atomic E-state index is -0.741. The van der Waals surface area contributed by atoms with E-state index in [9.17, 15) is 0 Å². The molecule has 9 aromatic carbocycles. The van der Waals surface area contributed by atoms with Gasteiger partial charge in [0.1, 0.15) is 23.3 Å². The summed E-state index contributed by atoms with van der Waals surface area (Å²) >= 11 is 0. The van der Waals surface area contributed by atoms with Crippen molar-refractivity contribution in [3.8, 4) is 23.3 Å². The quantitative estimate of drug-likeness (QED) is 0.158. The van der Waals surface area contributed by atoms with Crippen molar-refractivity contribution < 1.29 is 0 Å². The van der Waals surface area contributed by atoms with Crippen LogP contribution in [0.1, 0.15) is 18.1 Å². The topological polar surface area (TPSA) is 77.8 Å². The van der Waals surface area contributed by atoms with Crippen LogP contribution < -0.4 is 20.4 Å². The monoisotopic (exact) mass is 1090 g/mol. The largest absolute Gasteiger partial charge is 0.301 e. The molecule has 10 heteroatoms. The maximum atomic E-state index is 5.81. The molecular formula is C75H50N10. The van der Waals surface area contributed by atoms with Gasteiger partial charge in [0, 0.05) is 71.7 Å². The highest BCUT2D eigenvalue weighted by Crippen LogP contribution is 2.61. The third-order valence-electron chi connectivity index (χ3n) is 18.2. The second-order valence-electron chi connectivity index (χ2n) is 22.5. The number of benzene rings is 9. The molecule has 2 unspecified atom stereocenters. The molecule has 0 bridgehead atoms. The lowest BCUT2D eigenvalue weighted by atomic mass is 9.69. The van der Waals surface area contributed by atoms with Gasteiger partial charge in [0.2, 0.25) is 11.9 Å². The van der Waals surface area contributed by atoms with Gasteiger partial charge in [0.05, 0.1) is 61.4 Å². The van der Waals surface area contributed by atoms with E-state index >= 15 is 0 Å². The zero-order valence-electron chi connectivity index (χ0n) is 46.2. The fourth-order valence-corrected chi connectivity index (χ4v) is 14.7. The SMILES string of the molecule is C=C/C=c1\c(=C)n(-c2cc(-n3c4ccccc4c4ccccc43)nc(N3c4ccccc4C4=CC=C5N(c6nc(-n7c8ccccc8c8ccccc87)cc(-n7c8ccccc8c8ccccc87)n6)c6ccccc6C5(C)C43)n2)c2ccccc12. The van der Waals surface area contributed by atoms with Crippen molar-refractivity contribution in [2.45, 2.75) is 18.4 Å². The normalized spacial score (nSPS) is 16.5. The molecule has 400 valence electrons. The molecule has 15 aromatic rings. The Morgan fingerprint density at radius 2 is 0.788 bits per heavy atom. The molecule has 3 aliphatic rings. The number of nitrogens with zero attached hydrogens (tertiary/aromatic N) is 10. The Kier molecular flexibility index (Phi) is 9.78. The molecule has 1 aliphatic carbocycles. The van der Waals surface area contributed by atoms with Crippen LogP contribution in [-0.2, 0) is 5.41 Å². The molecule has 0 amide bonds. The Balaban J connectivity index is 0.896. The lowest BCUT2D eigenvalue weighted by Gasteiger charge is -2.42. The maximum Gasteiger partial charge on any atom is 0.238 e. The Hall–Kier alpha value is -11.4. The second kappa shape index (κ2) is 17.6. The van der Waals surface area contributed by atoms with Gasteiger partial charge in [-0.25, -0.2) is 0 Å². The molecule has 2 aliphatic heterocycles. The summed E-state index contributed by atoms with van der Waals surface area (Å²) in [6.45, 7) is 11.3. The first-order chi connectivity index (χ1) is 42.0. The van der Waals surface area contributed by atoms with Crippen LogP contribution in [0.4, 0.5) is 23.3 Å². The zero-order valence-corrected chi connectivity index (χ0v) is 46.2. The van der Waals surface area contributed by atoms with E-state index in [0.29, 0.717) is 17.7 Å². The van der Waals surface area contributed by atoms with E-state index in [1.165, 1.54) is 5.57 Å². The minimum absolute atomic E-state index is 0.347. The zero-order chi connectivity index (χ0) is 56.2. The van der Waals surface area contributed by atoms with E-state index in [4.69, 9.17) is 26.5 Å². The van der Waals surface area contributed by atoms with E-state index in [-0.39, 0.29) is 6.04 Å². The van der Waals surface area contributed by atoms with Crippen molar-refractivity contribution in [3.63, 3.8) is 0 Å². The fourth-order valence-electron chi connectivity index (χ4n) is 14.7. The van der Waals surface area contributed by atoms with Crippen LogP contribution in [0, 0.1) is 0 Å². The molecule has 0 radical (unpaired) electrons. The first kappa shape index (κ1) is 47.3. The standard InChI is InChI=1S/C75H50N10/c1-4-23-47-46(2)80(58-33-14-5-24-48(47)58)68-44-69(81-59-34-15-6-25-49(59)50-26-7-16-35-60(50)81)79-74(76-68)85-65-40-21-12-31-55(65)56-42-43-67-75(3,72(56)85)57-32-13-22-41-66(57)84(67)73-77-70(82-61-36-17-8-27-51(61)52-28-9-18-37-62(52)82)45-71(78-73)83-63-38-19-10-29-53(63)54-30-11-20-39-64(54)83/h4-45,72H,1-2H2,3H3/b47-23+. The Morgan fingerprint density at radius 3 is 1.26 bits per heavy atom. The van der Waals surface area contributed by atoms with Crippen molar-refractivity contribution in [1.29, 1.82) is 0 Å². The summed E-state index contributed by atoms with van der Waals surface area (Å²) < 4.78 is 9.09. The lowest BCUT2D eigenvalue weighted by molar-refractivity contribution is 0.508. The van der Waals surface area contributed by atoms with Crippen molar-refractivity contribution in [2.75, 3.05) is 9.80 Å². The number of aromatic nitrogens is 8. The van der Waals surface area contributed by atoms with Gasteiger partial charge < -0.3 is 4.90 Å². The summed E-state index contributed by atoms with van der Waals surface area (Å²) in [5.41, 5.74) is 13.1. The summed E-state index contributed by atoms with van der Waals surface area (Å²) in [4.78, 5) is 27.9. The van der Waals surface area contributed by atoms with Crippen molar-refractivity contribution >= 4 is 118 Å². The van der Waals surface area contributed by atoms with E-state index in [1.807, 2.05) is 12.2 Å². The molecule has 0 N–H and O–H groups in total. The van der Waals surface area contributed by atoms with Crippen LogP contribution in [0.2, 0.25) is 0 Å². The number of hydrogen-bond donors (Lipinski definition) is 0. The molecule has 2 atom stereocenters. The Bertz CT molecular complexity index is 5320. The van der Waals surface area contributed by atoms with Gasteiger partial charge in [0.15, 0.2) is 0 Å². The predicted molar refractivity (Wildman–Crippen MR) is 348 cm³/mol. The first-order valence-corrected chi connectivity index (χ1v) is 28.8. The summed E-state index contributed by atoms with van der Waals surface area (Å²) in [5.74, 6) is 4.05. The van der Waals surface area contributed by atoms with Crippen LogP contribution >= 0.6 is 0 Å². The highest BCUT2D eigenvalue weighted by molar-refractivity contribution is 6.11. The van der Waals surface area contributed by atoms with E-state index in [1.54, 1.807) is 0 Å². The number of anilines is 4. The van der Waals surface area contributed by atoms with Gasteiger partial charge >= 0.3 is 0 Å². The van der Waals surface area contributed by atoms with Gasteiger partial charge in [-0.1, -0.05) is 195 Å². The molecule has 85 heavy (non-hydrogen) atoms. The summed E-state index contributed by atoms with van der Waals surface area (Å²) in [6.07, 6.45) is 8.49. The second-order valence-corrected chi connectivity index (χ2v) is 22.5. The maximum absolute atomic E-state index is 5.81. The van der Waals surface area contributed by atoms with Crippen molar-refractivity contribution in [1.82, 2.24) is 38.2 Å². The van der Waals surface area contributed by atoms with Crippen molar-refractivity contribution in [3.05, 3.63) is 283 Å². The molecule has 0 fully saturated rings. The molecule has 0 saturated heterocycles. The Labute approximate surface area is 487 Å². The smallest absolute Gasteiger partial charge is 0.238 e. The van der Waals surface area contributed by atoms with Crippen LogP contribution in [0.25, 0.3) is 118 Å². The molecule has 0 saturated carbocycles. The highest BCUT2D eigenvalue weighted by atomic mass is 15.4. The summed E-state index contributed by atoms with van der Waals surface area (Å²) in [5, 5.41) is 9.77. The predicted octanol–water partition coefficient (Wildman–Crippen LogP) is 15.8. The third-order valence-corrected chi connectivity index (χ3v) is 18.2. The van der Waals surface area contributed by atoms with Crippen LogP contribution in [-0.4, -0.2) is 44.2 Å². The molecule has 6 aromatic heterocycles. The fraction of sp³-hybridized carbons (Fsp3) is 0.0400. The van der Waals surface area contributed by atoms with E-state index < -0.39 is 5.41 Å². The molecular weight excluding hydrogens is 1040 g/mol. The highest BCUT2D eigenvalue weighted by Gasteiger charge is 2.58. The summed E-state index contributed by atoms with van der Waals surface area (Å²) in [6, 6.07) is 81.6. The molecule has 10 nitrogen and oxygen atoms in total. The molecule has 8 heterocycles.